The van der Waals surface area contributed by atoms with E-state index in [0.717, 1.165) is 6.42 Å². The van der Waals surface area contributed by atoms with Crippen molar-refractivity contribution in [2.24, 2.45) is 5.16 Å². The van der Waals surface area contributed by atoms with Crippen molar-refractivity contribution in [1.82, 2.24) is 0 Å². The van der Waals surface area contributed by atoms with Crippen LogP contribution in [-0.2, 0) is 14.4 Å². The largest absolute Gasteiger partial charge is 0.457 e. The van der Waals surface area contributed by atoms with Crippen LogP contribution in [0.2, 0.25) is 0 Å². The quantitative estimate of drug-likeness (QED) is 0.528. The summed E-state index contributed by atoms with van der Waals surface area (Å²) in [5.74, 6) is -0.388. The topological polar surface area (TPSA) is 47.9 Å². The third-order valence-corrected chi connectivity index (χ3v) is 1.94. The van der Waals surface area contributed by atoms with Crippen LogP contribution in [0.25, 0.3) is 0 Å². The Kier molecular flexibility index (Phi) is 3.88. The molecular weight excluding hydrogens is 194 g/mol. The zero-order valence-electron chi connectivity index (χ0n) is 9.45. The van der Waals surface area contributed by atoms with Gasteiger partial charge in [0.1, 0.15) is 12.2 Å². The molecule has 1 aliphatic heterocycles. The number of nitrogens with zero attached hydrogens (tertiary/aromatic N) is 1. The molecule has 0 spiro atoms. The van der Waals surface area contributed by atoms with Crippen molar-refractivity contribution in [2.75, 3.05) is 6.61 Å². The number of carbonyl (C=O) groups excluding carboxylic acids is 1. The maximum absolute atomic E-state index is 11.4. The molecule has 0 atom stereocenters. The van der Waals surface area contributed by atoms with Crippen LogP contribution in [0.15, 0.2) is 17.3 Å². The molecule has 4 nitrogen and oxygen atoms in total. The monoisotopic (exact) mass is 211 g/mol. The van der Waals surface area contributed by atoms with E-state index >= 15 is 0 Å². The number of oxime groups is 1. The standard InChI is InChI=1S/C11H17NO3/c1-4-5-6-7-14-10(13)9-8-11(2,3)15-12-9/h5-6H,4,7-8H2,1-3H3/b6-5-. The SMILES string of the molecule is CC/C=C\COC(=O)C1=NOC(C)(C)C1. The zero-order chi connectivity index (χ0) is 11.3. The lowest BCUT2D eigenvalue weighted by molar-refractivity contribution is -0.134. The molecule has 1 heterocycles. The Hall–Kier alpha value is -1.32. The maximum atomic E-state index is 11.4. The Bertz CT molecular complexity index is 292. The molecule has 0 saturated heterocycles. The molecule has 0 N–H and O–H groups in total. The lowest BCUT2D eigenvalue weighted by atomic mass is 10.0. The van der Waals surface area contributed by atoms with Crippen molar-refractivity contribution in [3.63, 3.8) is 0 Å². The molecule has 0 amide bonds. The van der Waals surface area contributed by atoms with E-state index in [4.69, 9.17) is 9.57 Å². The number of rotatable bonds is 4. The molecule has 1 aliphatic rings. The molecule has 0 fully saturated rings. The van der Waals surface area contributed by atoms with Crippen LogP contribution in [0.1, 0.15) is 33.6 Å². The van der Waals surface area contributed by atoms with E-state index in [-0.39, 0.29) is 11.6 Å². The van der Waals surface area contributed by atoms with Gasteiger partial charge in [0.25, 0.3) is 0 Å². The van der Waals surface area contributed by atoms with E-state index < -0.39 is 0 Å². The van der Waals surface area contributed by atoms with Crippen molar-refractivity contribution in [2.45, 2.75) is 39.2 Å². The van der Waals surface area contributed by atoms with E-state index in [0.29, 0.717) is 18.7 Å². The molecule has 15 heavy (non-hydrogen) atoms. The van der Waals surface area contributed by atoms with E-state index in [1.54, 1.807) is 0 Å². The van der Waals surface area contributed by atoms with Crippen LogP contribution in [0.5, 0.6) is 0 Å². The van der Waals surface area contributed by atoms with Crippen molar-refractivity contribution in [3.05, 3.63) is 12.2 Å². The minimum Gasteiger partial charge on any atom is -0.457 e. The third kappa shape index (κ3) is 3.73. The first-order valence-electron chi connectivity index (χ1n) is 5.12. The van der Waals surface area contributed by atoms with E-state index in [1.165, 1.54) is 0 Å². The predicted octanol–water partition coefficient (Wildman–Crippen LogP) is 2.05. The number of allylic oxidation sites excluding steroid dienone is 1. The summed E-state index contributed by atoms with van der Waals surface area (Å²) in [6.45, 7) is 6.09. The molecule has 0 aromatic rings. The maximum Gasteiger partial charge on any atom is 0.356 e. The minimum atomic E-state index is -0.388. The second-order valence-corrected chi connectivity index (χ2v) is 4.04. The van der Waals surface area contributed by atoms with Gasteiger partial charge in [-0.15, -0.1) is 0 Å². The summed E-state index contributed by atoms with van der Waals surface area (Å²) in [6, 6.07) is 0. The highest BCUT2D eigenvalue weighted by molar-refractivity contribution is 6.36. The van der Waals surface area contributed by atoms with Gasteiger partial charge < -0.3 is 9.57 Å². The molecule has 0 aliphatic carbocycles. The van der Waals surface area contributed by atoms with Crippen LogP contribution in [-0.4, -0.2) is 23.9 Å². The Morgan fingerprint density at radius 3 is 2.87 bits per heavy atom. The molecule has 84 valence electrons. The van der Waals surface area contributed by atoms with E-state index in [2.05, 4.69) is 5.16 Å². The highest BCUT2D eigenvalue weighted by Crippen LogP contribution is 2.22. The molecule has 0 saturated carbocycles. The Morgan fingerprint density at radius 1 is 1.60 bits per heavy atom. The fourth-order valence-electron chi connectivity index (χ4n) is 1.20. The summed E-state index contributed by atoms with van der Waals surface area (Å²) >= 11 is 0. The number of carbonyl (C=O) groups is 1. The van der Waals surface area contributed by atoms with Crippen molar-refractivity contribution >= 4 is 11.7 Å². The van der Waals surface area contributed by atoms with Gasteiger partial charge in [-0.2, -0.15) is 0 Å². The van der Waals surface area contributed by atoms with Crippen LogP contribution >= 0.6 is 0 Å². The molecule has 1 rings (SSSR count). The molecule has 0 unspecified atom stereocenters. The predicted molar refractivity (Wildman–Crippen MR) is 57.6 cm³/mol. The fraction of sp³-hybridized carbons (Fsp3) is 0.636. The van der Waals surface area contributed by atoms with Crippen LogP contribution in [0.3, 0.4) is 0 Å². The van der Waals surface area contributed by atoms with Gasteiger partial charge >= 0.3 is 5.97 Å². The Balaban J connectivity index is 2.33. The van der Waals surface area contributed by atoms with Crippen molar-refractivity contribution < 1.29 is 14.4 Å². The second kappa shape index (κ2) is 4.96. The Labute approximate surface area is 89.9 Å². The highest BCUT2D eigenvalue weighted by Gasteiger charge is 2.33. The molecule has 4 heteroatoms. The number of hydrogen-bond donors (Lipinski definition) is 0. The molecule has 0 aromatic carbocycles. The highest BCUT2D eigenvalue weighted by atomic mass is 16.7. The summed E-state index contributed by atoms with van der Waals surface area (Å²) in [5, 5.41) is 3.71. The summed E-state index contributed by atoms with van der Waals surface area (Å²) in [7, 11) is 0. The van der Waals surface area contributed by atoms with Gasteiger partial charge in [-0.25, -0.2) is 4.79 Å². The third-order valence-electron chi connectivity index (χ3n) is 1.94. The summed E-state index contributed by atoms with van der Waals surface area (Å²) in [5.41, 5.74) is -0.0157. The Morgan fingerprint density at radius 2 is 2.33 bits per heavy atom. The summed E-state index contributed by atoms with van der Waals surface area (Å²) < 4.78 is 4.98. The molecule has 0 bridgehead atoms. The first kappa shape index (κ1) is 11.8. The van der Waals surface area contributed by atoms with E-state index in [1.807, 2.05) is 32.9 Å². The van der Waals surface area contributed by atoms with Gasteiger partial charge in [-0.3, -0.25) is 0 Å². The number of hydrogen-bond acceptors (Lipinski definition) is 4. The smallest absolute Gasteiger partial charge is 0.356 e. The first-order valence-corrected chi connectivity index (χ1v) is 5.12. The second-order valence-electron chi connectivity index (χ2n) is 4.04. The fourth-order valence-corrected chi connectivity index (χ4v) is 1.20. The average molecular weight is 211 g/mol. The van der Waals surface area contributed by atoms with Gasteiger partial charge in [-0.05, 0) is 20.3 Å². The number of ether oxygens (including phenoxy) is 1. The lowest BCUT2D eigenvalue weighted by Gasteiger charge is -2.12. The lowest BCUT2D eigenvalue weighted by Crippen LogP contribution is -2.23. The van der Waals surface area contributed by atoms with Gasteiger partial charge in [0.15, 0.2) is 5.71 Å². The average Bonchev–Trinajstić information content (AvgIpc) is 2.53. The first-order chi connectivity index (χ1) is 7.05. The summed E-state index contributed by atoms with van der Waals surface area (Å²) in [4.78, 5) is 16.5. The van der Waals surface area contributed by atoms with Crippen LogP contribution in [0, 0.1) is 0 Å². The van der Waals surface area contributed by atoms with Gasteiger partial charge in [0.2, 0.25) is 0 Å². The molecular formula is C11H17NO3. The van der Waals surface area contributed by atoms with Crippen LogP contribution < -0.4 is 0 Å². The minimum absolute atomic E-state index is 0.298. The van der Waals surface area contributed by atoms with E-state index in [9.17, 15) is 4.79 Å². The van der Waals surface area contributed by atoms with Gasteiger partial charge in [0.05, 0.1) is 0 Å². The van der Waals surface area contributed by atoms with Crippen LogP contribution in [0.4, 0.5) is 0 Å². The van der Waals surface area contributed by atoms with Gasteiger partial charge in [-0.1, -0.05) is 24.2 Å². The van der Waals surface area contributed by atoms with Gasteiger partial charge in [0, 0.05) is 6.42 Å². The normalized spacial score (nSPS) is 18.7. The van der Waals surface area contributed by atoms with Crippen molar-refractivity contribution in [3.8, 4) is 0 Å². The molecule has 0 radical (unpaired) electrons. The number of esters is 1. The molecule has 0 aromatic heterocycles. The summed E-state index contributed by atoms with van der Waals surface area (Å²) in [6.07, 6.45) is 5.21. The van der Waals surface area contributed by atoms with Crippen molar-refractivity contribution in [1.29, 1.82) is 0 Å². The zero-order valence-corrected chi connectivity index (χ0v) is 9.45.